The van der Waals surface area contributed by atoms with Crippen LogP contribution in [0.4, 0.5) is 0 Å². The molecule has 0 amide bonds. The van der Waals surface area contributed by atoms with E-state index in [1.807, 2.05) is 6.92 Å². The van der Waals surface area contributed by atoms with E-state index in [4.69, 9.17) is 9.47 Å². The van der Waals surface area contributed by atoms with Gasteiger partial charge in [0, 0.05) is 12.1 Å². The van der Waals surface area contributed by atoms with Gasteiger partial charge in [-0.25, -0.2) is 0 Å². The number of nitrogens with zero attached hydrogens (tertiary/aromatic N) is 1. The fraction of sp³-hybridized carbons (Fsp3) is 0.933. The maximum Gasteiger partial charge on any atom is 0.310 e. The van der Waals surface area contributed by atoms with E-state index in [1.165, 1.54) is 39.3 Å². The zero-order valence-corrected chi connectivity index (χ0v) is 12.9. The molecule has 0 radical (unpaired) electrons. The zero-order valence-electron chi connectivity index (χ0n) is 12.9. The lowest BCUT2D eigenvalue weighted by Crippen LogP contribution is -2.40. The molecule has 0 N–H and O–H groups in total. The van der Waals surface area contributed by atoms with E-state index in [1.54, 1.807) is 0 Å². The highest BCUT2D eigenvalue weighted by Gasteiger charge is 2.28. The predicted molar refractivity (Wildman–Crippen MR) is 76.1 cm³/mol. The van der Waals surface area contributed by atoms with Crippen molar-refractivity contribution >= 4 is 5.97 Å². The molecule has 2 unspecified atom stereocenters. The number of esters is 1. The van der Waals surface area contributed by atoms with Crippen molar-refractivity contribution in [3.05, 3.63) is 0 Å². The van der Waals surface area contributed by atoms with Crippen molar-refractivity contribution < 1.29 is 14.3 Å². The first-order valence-electron chi connectivity index (χ1n) is 7.51. The molecule has 0 aromatic heterocycles. The molecule has 0 aromatic rings. The largest absolute Gasteiger partial charge is 0.469 e. The monoisotopic (exact) mass is 271 g/mol. The Morgan fingerprint density at radius 2 is 2.16 bits per heavy atom. The van der Waals surface area contributed by atoms with Crippen LogP contribution >= 0.6 is 0 Å². The summed E-state index contributed by atoms with van der Waals surface area (Å²) in [6, 6.07) is 1.16. The standard InChI is InChI=1S/C15H29NO3/c1-5-7-13(3)16-9-6-8-14(16)11-19-10-12(2)15(17)18-4/h12-14H,5-11H2,1-4H3/t12?,13?,14-/m0/s1. The Bertz CT molecular complexity index is 270. The van der Waals surface area contributed by atoms with Gasteiger partial charge in [0.15, 0.2) is 0 Å². The lowest BCUT2D eigenvalue weighted by molar-refractivity contribution is -0.147. The maximum atomic E-state index is 11.3. The molecule has 4 nitrogen and oxygen atoms in total. The lowest BCUT2D eigenvalue weighted by atomic mass is 10.1. The second-order valence-electron chi connectivity index (χ2n) is 5.63. The van der Waals surface area contributed by atoms with Crippen molar-refractivity contribution in [3.8, 4) is 0 Å². The zero-order chi connectivity index (χ0) is 14.3. The third kappa shape index (κ3) is 5.11. The molecular formula is C15H29NO3. The van der Waals surface area contributed by atoms with E-state index in [0.717, 1.165) is 6.61 Å². The summed E-state index contributed by atoms with van der Waals surface area (Å²) >= 11 is 0. The summed E-state index contributed by atoms with van der Waals surface area (Å²) in [6.07, 6.45) is 4.94. The van der Waals surface area contributed by atoms with Crippen molar-refractivity contribution in [2.24, 2.45) is 5.92 Å². The van der Waals surface area contributed by atoms with Crippen LogP contribution in [0.2, 0.25) is 0 Å². The molecule has 112 valence electrons. The molecule has 0 spiro atoms. The number of likely N-dealkylation sites (tertiary alicyclic amines) is 1. The summed E-state index contributed by atoms with van der Waals surface area (Å²) in [7, 11) is 1.42. The minimum Gasteiger partial charge on any atom is -0.469 e. The fourth-order valence-electron chi connectivity index (χ4n) is 2.85. The van der Waals surface area contributed by atoms with Crippen molar-refractivity contribution in [1.29, 1.82) is 0 Å². The van der Waals surface area contributed by atoms with Crippen molar-refractivity contribution in [3.63, 3.8) is 0 Å². The molecule has 4 heteroatoms. The van der Waals surface area contributed by atoms with Gasteiger partial charge in [-0.15, -0.1) is 0 Å². The van der Waals surface area contributed by atoms with Crippen molar-refractivity contribution in [2.45, 2.75) is 58.5 Å². The van der Waals surface area contributed by atoms with Crippen LogP contribution in [0.25, 0.3) is 0 Å². The number of hydrogen-bond acceptors (Lipinski definition) is 4. The molecule has 3 atom stereocenters. The number of carbonyl (C=O) groups excluding carboxylic acids is 1. The maximum absolute atomic E-state index is 11.3. The predicted octanol–water partition coefficient (Wildman–Crippen LogP) is 2.47. The van der Waals surface area contributed by atoms with Crippen LogP contribution in [0.1, 0.15) is 46.5 Å². The average molecular weight is 271 g/mol. The summed E-state index contributed by atoms with van der Waals surface area (Å²) in [4.78, 5) is 13.8. The second kappa shape index (κ2) is 8.54. The van der Waals surface area contributed by atoms with Crippen LogP contribution < -0.4 is 0 Å². The van der Waals surface area contributed by atoms with Crippen LogP contribution in [0.3, 0.4) is 0 Å². The number of ether oxygens (including phenoxy) is 2. The number of hydrogen-bond donors (Lipinski definition) is 0. The topological polar surface area (TPSA) is 38.8 Å². The minimum absolute atomic E-state index is 0.173. The Kier molecular flexibility index (Phi) is 7.39. The van der Waals surface area contributed by atoms with E-state index >= 15 is 0 Å². The van der Waals surface area contributed by atoms with E-state index in [0.29, 0.717) is 18.7 Å². The van der Waals surface area contributed by atoms with Gasteiger partial charge in [0.1, 0.15) is 0 Å². The molecule has 0 aromatic carbocycles. The summed E-state index contributed by atoms with van der Waals surface area (Å²) in [5.74, 6) is -0.365. The van der Waals surface area contributed by atoms with Gasteiger partial charge >= 0.3 is 5.97 Å². The van der Waals surface area contributed by atoms with Gasteiger partial charge < -0.3 is 9.47 Å². The Morgan fingerprint density at radius 1 is 1.42 bits per heavy atom. The highest BCUT2D eigenvalue weighted by atomic mass is 16.5. The second-order valence-corrected chi connectivity index (χ2v) is 5.63. The molecule has 1 heterocycles. The molecule has 1 fully saturated rings. The van der Waals surface area contributed by atoms with Crippen LogP contribution in [0, 0.1) is 5.92 Å². The number of rotatable bonds is 8. The van der Waals surface area contributed by atoms with Gasteiger partial charge in [0.05, 0.1) is 26.2 Å². The molecule has 1 aliphatic heterocycles. The highest BCUT2D eigenvalue weighted by molar-refractivity contribution is 5.71. The van der Waals surface area contributed by atoms with E-state index in [-0.39, 0.29) is 11.9 Å². The molecular weight excluding hydrogens is 242 g/mol. The van der Waals surface area contributed by atoms with E-state index < -0.39 is 0 Å². The Balaban J connectivity index is 2.29. The van der Waals surface area contributed by atoms with Crippen LogP contribution in [-0.2, 0) is 14.3 Å². The van der Waals surface area contributed by atoms with Crippen LogP contribution in [0.15, 0.2) is 0 Å². The summed E-state index contributed by atoms with van der Waals surface area (Å²) < 4.78 is 10.4. The third-order valence-electron chi connectivity index (χ3n) is 3.98. The average Bonchev–Trinajstić information content (AvgIpc) is 2.86. The van der Waals surface area contributed by atoms with Gasteiger partial charge in [-0.1, -0.05) is 13.3 Å². The van der Waals surface area contributed by atoms with Gasteiger partial charge in [0.25, 0.3) is 0 Å². The fourth-order valence-corrected chi connectivity index (χ4v) is 2.85. The van der Waals surface area contributed by atoms with Gasteiger partial charge in [-0.3, -0.25) is 9.69 Å². The van der Waals surface area contributed by atoms with Crippen molar-refractivity contribution in [2.75, 3.05) is 26.9 Å². The molecule has 1 aliphatic rings. The first-order chi connectivity index (χ1) is 9.10. The highest BCUT2D eigenvalue weighted by Crippen LogP contribution is 2.22. The summed E-state index contributed by atoms with van der Waals surface area (Å²) in [6.45, 7) is 8.75. The molecule has 1 saturated heterocycles. The van der Waals surface area contributed by atoms with Gasteiger partial charge in [0.2, 0.25) is 0 Å². The SMILES string of the molecule is CCCC(C)N1CCC[C@H]1COCC(C)C(=O)OC. The molecule has 19 heavy (non-hydrogen) atoms. The Labute approximate surface area is 117 Å². The molecule has 0 bridgehead atoms. The summed E-state index contributed by atoms with van der Waals surface area (Å²) in [5, 5.41) is 0. The van der Waals surface area contributed by atoms with Gasteiger partial charge in [-0.05, 0) is 39.7 Å². The van der Waals surface area contributed by atoms with Crippen molar-refractivity contribution in [1.82, 2.24) is 4.90 Å². The first-order valence-corrected chi connectivity index (χ1v) is 7.51. The Morgan fingerprint density at radius 3 is 2.79 bits per heavy atom. The van der Waals surface area contributed by atoms with Gasteiger partial charge in [-0.2, -0.15) is 0 Å². The third-order valence-corrected chi connectivity index (χ3v) is 3.98. The van der Waals surface area contributed by atoms with E-state index in [9.17, 15) is 4.79 Å². The summed E-state index contributed by atoms with van der Waals surface area (Å²) in [5.41, 5.74) is 0. The van der Waals surface area contributed by atoms with Crippen LogP contribution in [-0.4, -0.2) is 49.8 Å². The quantitative estimate of drug-likeness (QED) is 0.636. The normalized spacial score (nSPS) is 23.3. The number of carbonyl (C=O) groups is 1. The molecule has 1 rings (SSSR count). The minimum atomic E-state index is -0.192. The number of methoxy groups -OCH3 is 1. The Hall–Kier alpha value is -0.610. The molecule has 0 saturated carbocycles. The first kappa shape index (κ1) is 16.4. The van der Waals surface area contributed by atoms with Crippen LogP contribution in [0.5, 0.6) is 0 Å². The smallest absolute Gasteiger partial charge is 0.310 e. The van der Waals surface area contributed by atoms with E-state index in [2.05, 4.69) is 18.7 Å². The molecule has 0 aliphatic carbocycles. The lowest BCUT2D eigenvalue weighted by Gasteiger charge is -2.30.